The molecule has 1 amide bonds. The summed E-state index contributed by atoms with van der Waals surface area (Å²) in [4.78, 5) is 12.5. The fourth-order valence-electron chi connectivity index (χ4n) is 5.42. The molecule has 0 bridgehead atoms. The zero-order valence-corrected chi connectivity index (χ0v) is 28.8. The Balaban J connectivity index is 2.34. The summed E-state index contributed by atoms with van der Waals surface area (Å²) in [7, 11) is 0. The maximum absolute atomic E-state index is 12.5. The summed E-state index contributed by atoms with van der Waals surface area (Å²) in [5.74, 6) is -0.219. The second-order valence-electron chi connectivity index (χ2n) is 12.6. The number of hydrogen-bond donors (Lipinski definition) is 6. The van der Waals surface area contributed by atoms with Crippen LogP contribution in [0.15, 0.2) is 36.5 Å². The molecule has 46 heavy (non-hydrogen) atoms. The lowest BCUT2D eigenvalue weighted by atomic mass is 9.99. The van der Waals surface area contributed by atoms with E-state index in [1.807, 2.05) is 6.08 Å². The third kappa shape index (κ3) is 19.9. The number of aliphatic hydroxyl groups is 5. The second-order valence-corrected chi connectivity index (χ2v) is 12.6. The average molecular weight is 654 g/mol. The number of amides is 1. The van der Waals surface area contributed by atoms with Crippen molar-refractivity contribution in [2.24, 2.45) is 0 Å². The van der Waals surface area contributed by atoms with Gasteiger partial charge in [0.05, 0.1) is 25.4 Å². The summed E-state index contributed by atoms with van der Waals surface area (Å²) in [6.07, 6.45) is 25.7. The van der Waals surface area contributed by atoms with Crippen molar-refractivity contribution in [2.45, 2.75) is 179 Å². The van der Waals surface area contributed by atoms with Crippen LogP contribution >= 0.6 is 0 Å². The van der Waals surface area contributed by atoms with Crippen molar-refractivity contribution in [2.75, 3.05) is 13.2 Å². The molecule has 9 nitrogen and oxygen atoms in total. The molecule has 1 saturated heterocycles. The van der Waals surface area contributed by atoms with Gasteiger partial charge >= 0.3 is 0 Å². The van der Waals surface area contributed by atoms with Gasteiger partial charge < -0.3 is 40.3 Å². The number of carbonyl (C=O) groups is 1. The van der Waals surface area contributed by atoms with E-state index in [2.05, 4.69) is 43.5 Å². The topological polar surface area (TPSA) is 149 Å². The molecule has 0 saturated carbocycles. The molecule has 0 radical (unpaired) electrons. The minimum Gasteiger partial charge on any atom is -0.394 e. The van der Waals surface area contributed by atoms with Crippen LogP contribution in [0.25, 0.3) is 0 Å². The van der Waals surface area contributed by atoms with Crippen LogP contribution in [0.1, 0.15) is 136 Å². The van der Waals surface area contributed by atoms with E-state index >= 15 is 0 Å². The van der Waals surface area contributed by atoms with Gasteiger partial charge in [0.2, 0.25) is 5.91 Å². The molecule has 268 valence electrons. The summed E-state index contributed by atoms with van der Waals surface area (Å²) >= 11 is 0. The third-order valence-corrected chi connectivity index (χ3v) is 8.45. The fourth-order valence-corrected chi connectivity index (χ4v) is 5.42. The lowest BCUT2D eigenvalue weighted by Gasteiger charge is -2.40. The van der Waals surface area contributed by atoms with E-state index in [9.17, 15) is 30.3 Å². The molecule has 7 unspecified atom stereocenters. The number of hydrogen-bond acceptors (Lipinski definition) is 8. The van der Waals surface area contributed by atoms with Crippen LogP contribution in [-0.2, 0) is 14.3 Å². The van der Waals surface area contributed by atoms with Gasteiger partial charge in [-0.25, -0.2) is 0 Å². The Bertz CT molecular complexity index is 817. The highest BCUT2D eigenvalue weighted by Crippen LogP contribution is 2.22. The molecule has 1 aliphatic rings. The molecular formula is C37H67NO8. The van der Waals surface area contributed by atoms with Gasteiger partial charge in [0.15, 0.2) is 6.29 Å². The lowest BCUT2D eigenvalue weighted by Crippen LogP contribution is -2.60. The number of rotatable bonds is 28. The minimum atomic E-state index is -1.57. The highest BCUT2D eigenvalue weighted by Gasteiger charge is 2.44. The minimum absolute atomic E-state index is 0.208. The van der Waals surface area contributed by atoms with Crippen molar-refractivity contribution in [1.29, 1.82) is 0 Å². The predicted molar refractivity (Wildman–Crippen MR) is 184 cm³/mol. The molecule has 0 aliphatic carbocycles. The maximum atomic E-state index is 12.5. The van der Waals surface area contributed by atoms with E-state index in [0.717, 1.165) is 44.9 Å². The first-order valence-corrected chi connectivity index (χ1v) is 18.2. The number of ether oxygens (including phenoxy) is 2. The van der Waals surface area contributed by atoms with Crippen LogP contribution < -0.4 is 5.32 Å². The van der Waals surface area contributed by atoms with Gasteiger partial charge in [0.25, 0.3) is 0 Å². The molecule has 9 heteroatoms. The molecule has 7 atom stereocenters. The number of nitrogens with one attached hydrogen (secondary N) is 1. The molecular weight excluding hydrogens is 586 g/mol. The number of carbonyl (C=O) groups excluding carboxylic acids is 1. The van der Waals surface area contributed by atoms with Crippen LogP contribution in [0.5, 0.6) is 0 Å². The monoisotopic (exact) mass is 653 g/mol. The van der Waals surface area contributed by atoms with Crippen LogP contribution in [0.3, 0.4) is 0 Å². The van der Waals surface area contributed by atoms with Crippen molar-refractivity contribution in [1.82, 2.24) is 5.32 Å². The Kier molecular flexibility index (Phi) is 26.2. The highest BCUT2D eigenvalue weighted by molar-refractivity contribution is 5.76. The standard InChI is InChI=1S/C37H67NO8/c1-3-5-7-8-9-10-11-12-13-14-15-16-17-18-19-20-21-22-23-25-26-31(40)30(38-33(41)27-24-6-4-2)29-45-37-36(44)35(43)34(42)32(28-39)46-37/h16-17,20-21,25-26,30-32,34-37,39-40,42-44H,3-15,18-19,22-24,27-29H2,1-2H3,(H,38,41)/b17-16+,21-20+,26-25+. The van der Waals surface area contributed by atoms with Crippen LogP contribution in [0, 0.1) is 0 Å². The van der Waals surface area contributed by atoms with Crippen molar-refractivity contribution in [3.05, 3.63) is 36.5 Å². The highest BCUT2D eigenvalue weighted by atomic mass is 16.7. The zero-order valence-electron chi connectivity index (χ0n) is 28.8. The Morgan fingerprint density at radius 1 is 0.717 bits per heavy atom. The SMILES string of the molecule is CCCCCCCCCCCC/C=C/CC/C=C/CC/C=C/C(O)C(COC1OC(CO)C(O)C(O)C1O)NC(=O)CCCCC. The Morgan fingerprint density at radius 3 is 1.83 bits per heavy atom. The van der Waals surface area contributed by atoms with Gasteiger partial charge in [-0.1, -0.05) is 121 Å². The van der Waals surface area contributed by atoms with Gasteiger partial charge in [-0.15, -0.1) is 0 Å². The molecule has 0 aromatic carbocycles. The molecule has 6 N–H and O–H groups in total. The predicted octanol–water partition coefficient (Wildman–Crippen LogP) is 5.77. The first kappa shape index (κ1) is 42.4. The molecule has 1 rings (SSSR count). The van der Waals surface area contributed by atoms with E-state index in [0.29, 0.717) is 6.42 Å². The molecule has 0 aromatic heterocycles. The van der Waals surface area contributed by atoms with Gasteiger partial charge in [-0.3, -0.25) is 4.79 Å². The first-order chi connectivity index (χ1) is 22.3. The number of allylic oxidation sites excluding steroid dienone is 5. The maximum Gasteiger partial charge on any atom is 0.220 e. The summed E-state index contributed by atoms with van der Waals surface area (Å²) in [5, 5.41) is 53.3. The van der Waals surface area contributed by atoms with Gasteiger partial charge in [-0.2, -0.15) is 0 Å². The van der Waals surface area contributed by atoms with E-state index < -0.39 is 49.5 Å². The zero-order chi connectivity index (χ0) is 33.8. The van der Waals surface area contributed by atoms with Crippen LogP contribution in [0.4, 0.5) is 0 Å². The molecule has 0 spiro atoms. The van der Waals surface area contributed by atoms with E-state index in [1.54, 1.807) is 6.08 Å². The normalized spacial score (nSPS) is 23.5. The summed E-state index contributed by atoms with van der Waals surface area (Å²) in [6.45, 7) is 3.54. The Morgan fingerprint density at radius 2 is 1.24 bits per heavy atom. The van der Waals surface area contributed by atoms with Crippen LogP contribution in [0.2, 0.25) is 0 Å². The van der Waals surface area contributed by atoms with E-state index in [4.69, 9.17) is 9.47 Å². The largest absolute Gasteiger partial charge is 0.394 e. The Hall–Kier alpha value is -1.59. The van der Waals surface area contributed by atoms with E-state index in [-0.39, 0.29) is 12.5 Å². The van der Waals surface area contributed by atoms with Gasteiger partial charge in [0, 0.05) is 6.42 Å². The van der Waals surface area contributed by atoms with Crippen LogP contribution in [-0.4, -0.2) is 87.5 Å². The van der Waals surface area contributed by atoms with Crippen molar-refractivity contribution < 1.29 is 39.8 Å². The quantitative estimate of drug-likeness (QED) is 0.0461. The number of aliphatic hydroxyl groups excluding tert-OH is 5. The van der Waals surface area contributed by atoms with Crippen molar-refractivity contribution >= 4 is 5.91 Å². The van der Waals surface area contributed by atoms with Gasteiger partial charge in [-0.05, 0) is 44.9 Å². The average Bonchev–Trinajstić information content (AvgIpc) is 3.05. The smallest absolute Gasteiger partial charge is 0.220 e. The fraction of sp³-hybridized carbons (Fsp3) is 0.811. The first-order valence-electron chi connectivity index (χ1n) is 18.2. The van der Waals surface area contributed by atoms with Gasteiger partial charge in [0.1, 0.15) is 24.4 Å². The van der Waals surface area contributed by atoms with Crippen molar-refractivity contribution in [3.63, 3.8) is 0 Å². The van der Waals surface area contributed by atoms with Crippen molar-refractivity contribution in [3.8, 4) is 0 Å². The van der Waals surface area contributed by atoms with E-state index in [1.165, 1.54) is 70.6 Å². The third-order valence-electron chi connectivity index (χ3n) is 8.45. The Labute approximate surface area is 279 Å². The molecule has 0 aromatic rings. The summed E-state index contributed by atoms with van der Waals surface area (Å²) in [6, 6.07) is -0.819. The molecule has 1 fully saturated rings. The molecule has 1 aliphatic heterocycles. The summed E-state index contributed by atoms with van der Waals surface area (Å²) in [5.41, 5.74) is 0. The summed E-state index contributed by atoms with van der Waals surface area (Å²) < 4.78 is 11.0. The lowest BCUT2D eigenvalue weighted by molar-refractivity contribution is -0.302. The second kappa shape index (κ2) is 28.4. The molecule has 1 heterocycles. The number of unbranched alkanes of at least 4 members (excludes halogenated alkanes) is 14.